The summed E-state index contributed by atoms with van der Waals surface area (Å²) in [7, 11) is 3.59. The van der Waals surface area contributed by atoms with Gasteiger partial charge in [-0.3, -0.25) is 0 Å². The topological polar surface area (TPSA) is 34.0 Å². The number of carbonyl (C=O) groups is 1. The Labute approximate surface area is 96.3 Å². The molecule has 3 nitrogen and oxygen atoms in total. The summed E-state index contributed by atoms with van der Waals surface area (Å²) < 4.78 is 2.86. The van der Waals surface area contributed by atoms with Crippen LogP contribution in [0.4, 0.5) is 0 Å². The second-order valence-electron chi connectivity index (χ2n) is 3.34. The molecule has 2 aromatic rings. The first-order valence-corrected chi connectivity index (χ1v) is 5.49. The number of amides is 1. The van der Waals surface area contributed by atoms with Crippen LogP contribution < -0.4 is 9.91 Å². The molecule has 0 aliphatic heterocycles. The molecule has 2 rings (SSSR count). The first-order chi connectivity index (χ1) is 7.16. The number of para-hydroxylation sites is 1. The number of hydrogen-bond acceptors (Lipinski definition) is 1. The second kappa shape index (κ2) is 3.72. The third-order valence-electron chi connectivity index (χ3n) is 2.51. The standard InChI is InChI=1S/C11H11N2OSe/c1-12-10(14)9-7-5-3-4-6-8(7)13(2)11(9)15/h3-6H,1-2H3,(H,12,14). The summed E-state index contributed by atoms with van der Waals surface area (Å²) in [4.78, 5) is 11.7. The Kier molecular flexibility index (Phi) is 2.55. The summed E-state index contributed by atoms with van der Waals surface area (Å²) >= 11 is 2.95. The van der Waals surface area contributed by atoms with Crippen molar-refractivity contribution in [2.24, 2.45) is 7.05 Å². The Hall–Kier alpha value is -1.25. The van der Waals surface area contributed by atoms with Gasteiger partial charge in [0.25, 0.3) is 0 Å². The van der Waals surface area contributed by atoms with Gasteiger partial charge < -0.3 is 0 Å². The van der Waals surface area contributed by atoms with Crippen molar-refractivity contribution >= 4 is 37.4 Å². The Morgan fingerprint density at radius 2 is 2.07 bits per heavy atom. The van der Waals surface area contributed by atoms with Gasteiger partial charge in [0.05, 0.1) is 0 Å². The molecule has 77 valence electrons. The monoisotopic (exact) mass is 267 g/mol. The number of benzene rings is 1. The van der Waals surface area contributed by atoms with Crippen LogP contribution in [0.15, 0.2) is 24.3 Å². The van der Waals surface area contributed by atoms with E-state index in [-0.39, 0.29) is 5.91 Å². The molecule has 1 amide bonds. The molecule has 15 heavy (non-hydrogen) atoms. The van der Waals surface area contributed by atoms with Crippen molar-refractivity contribution in [1.29, 1.82) is 0 Å². The predicted octanol–water partition coefficient (Wildman–Crippen LogP) is 0.332. The van der Waals surface area contributed by atoms with Gasteiger partial charge in [-0.05, 0) is 0 Å². The molecule has 1 radical (unpaired) electrons. The Morgan fingerprint density at radius 3 is 2.73 bits per heavy atom. The number of fused-ring (bicyclic) bond motifs is 1. The molecule has 1 aromatic carbocycles. The average Bonchev–Trinajstić information content (AvgIpc) is 2.52. The molecule has 0 aliphatic rings. The first kappa shape index (κ1) is 10.3. The fourth-order valence-electron chi connectivity index (χ4n) is 1.71. The molecule has 0 bridgehead atoms. The van der Waals surface area contributed by atoms with Gasteiger partial charge in [0, 0.05) is 0 Å². The Balaban J connectivity index is 2.83. The Morgan fingerprint density at radius 1 is 1.40 bits per heavy atom. The molecule has 0 unspecified atom stereocenters. The quantitative estimate of drug-likeness (QED) is 0.742. The van der Waals surface area contributed by atoms with E-state index in [1.54, 1.807) is 7.05 Å². The molecule has 0 saturated heterocycles. The van der Waals surface area contributed by atoms with Crippen LogP contribution >= 0.6 is 0 Å². The Bertz CT molecular complexity index is 531. The minimum atomic E-state index is -0.0550. The maximum atomic E-state index is 11.7. The summed E-state index contributed by atoms with van der Waals surface area (Å²) in [6.07, 6.45) is 0. The third kappa shape index (κ3) is 1.46. The molecule has 0 atom stereocenters. The van der Waals surface area contributed by atoms with Gasteiger partial charge in [-0.1, -0.05) is 0 Å². The van der Waals surface area contributed by atoms with Crippen LogP contribution in [0.5, 0.6) is 0 Å². The second-order valence-corrected chi connectivity index (χ2v) is 4.15. The van der Waals surface area contributed by atoms with Gasteiger partial charge in [0.1, 0.15) is 0 Å². The molecule has 4 heteroatoms. The van der Waals surface area contributed by atoms with E-state index in [4.69, 9.17) is 0 Å². The average molecular weight is 266 g/mol. The van der Waals surface area contributed by atoms with Crippen molar-refractivity contribution in [3.05, 3.63) is 29.8 Å². The predicted molar refractivity (Wildman–Crippen MR) is 61.7 cm³/mol. The zero-order valence-electron chi connectivity index (χ0n) is 8.57. The summed E-state index contributed by atoms with van der Waals surface area (Å²) in [6.45, 7) is 0. The van der Waals surface area contributed by atoms with E-state index in [2.05, 4.69) is 21.3 Å². The van der Waals surface area contributed by atoms with Crippen LogP contribution in [0.2, 0.25) is 0 Å². The van der Waals surface area contributed by atoms with Gasteiger partial charge in [-0.15, -0.1) is 0 Å². The van der Waals surface area contributed by atoms with E-state index in [1.165, 1.54) is 0 Å². The van der Waals surface area contributed by atoms with Crippen LogP contribution in [-0.4, -0.2) is 33.5 Å². The molecule has 0 spiro atoms. The first-order valence-electron chi connectivity index (χ1n) is 4.63. The number of aryl methyl sites for hydroxylation is 1. The van der Waals surface area contributed by atoms with E-state index >= 15 is 0 Å². The van der Waals surface area contributed by atoms with E-state index in [0.717, 1.165) is 21.1 Å². The maximum absolute atomic E-state index is 11.7. The van der Waals surface area contributed by atoms with E-state index in [1.807, 2.05) is 35.9 Å². The SMILES string of the molecule is CNC(=O)c1c([Se])n(C)c2ccccc12. The van der Waals surface area contributed by atoms with Crippen LogP contribution in [-0.2, 0) is 7.05 Å². The minimum absolute atomic E-state index is 0.0550. The van der Waals surface area contributed by atoms with Crippen LogP contribution in [0.1, 0.15) is 10.4 Å². The molecule has 0 aliphatic carbocycles. The fourth-order valence-corrected chi connectivity index (χ4v) is 2.35. The summed E-state index contributed by atoms with van der Waals surface area (Å²) in [5.74, 6) is -0.0550. The van der Waals surface area contributed by atoms with Crippen molar-refractivity contribution in [2.75, 3.05) is 7.05 Å². The van der Waals surface area contributed by atoms with Crippen molar-refractivity contribution in [3.63, 3.8) is 0 Å². The number of nitrogens with one attached hydrogen (secondary N) is 1. The molecular weight excluding hydrogens is 255 g/mol. The number of rotatable bonds is 1. The zero-order valence-corrected chi connectivity index (χ0v) is 10.3. The number of carbonyl (C=O) groups excluding carboxylic acids is 1. The molecular formula is C11H11N2OSe. The summed E-state index contributed by atoms with van der Waals surface area (Å²) in [5, 5.41) is 3.64. The summed E-state index contributed by atoms with van der Waals surface area (Å²) in [6, 6.07) is 7.87. The summed E-state index contributed by atoms with van der Waals surface area (Å²) in [5.41, 5.74) is 1.78. The van der Waals surface area contributed by atoms with E-state index in [0.29, 0.717) is 0 Å². The van der Waals surface area contributed by atoms with E-state index in [9.17, 15) is 4.79 Å². The fraction of sp³-hybridized carbons (Fsp3) is 0.182. The molecule has 1 N–H and O–H groups in total. The molecule has 1 aromatic heterocycles. The van der Waals surface area contributed by atoms with Crippen molar-refractivity contribution in [2.45, 2.75) is 0 Å². The van der Waals surface area contributed by atoms with Gasteiger partial charge in [-0.2, -0.15) is 0 Å². The van der Waals surface area contributed by atoms with Crippen LogP contribution in [0, 0.1) is 0 Å². The molecule has 0 fully saturated rings. The van der Waals surface area contributed by atoms with Crippen LogP contribution in [0.3, 0.4) is 0 Å². The number of aromatic nitrogens is 1. The number of hydrogen-bond donors (Lipinski definition) is 1. The van der Waals surface area contributed by atoms with Crippen LogP contribution in [0.25, 0.3) is 10.9 Å². The normalized spacial score (nSPS) is 10.5. The van der Waals surface area contributed by atoms with Crippen molar-refractivity contribution in [1.82, 2.24) is 9.88 Å². The molecule has 1 heterocycles. The van der Waals surface area contributed by atoms with Crippen molar-refractivity contribution in [3.8, 4) is 0 Å². The van der Waals surface area contributed by atoms with Gasteiger partial charge in [0.2, 0.25) is 0 Å². The number of nitrogens with zero attached hydrogens (tertiary/aromatic N) is 1. The van der Waals surface area contributed by atoms with Crippen molar-refractivity contribution < 1.29 is 4.79 Å². The van der Waals surface area contributed by atoms with Gasteiger partial charge in [0.15, 0.2) is 0 Å². The van der Waals surface area contributed by atoms with Gasteiger partial charge in [-0.25, -0.2) is 0 Å². The van der Waals surface area contributed by atoms with E-state index < -0.39 is 0 Å². The van der Waals surface area contributed by atoms with Gasteiger partial charge >= 0.3 is 96.0 Å². The third-order valence-corrected chi connectivity index (χ3v) is 3.51. The zero-order chi connectivity index (χ0) is 11.0. The molecule has 0 saturated carbocycles.